The molecule has 0 aliphatic carbocycles. The Hall–Kier alpha value is -4.18. The second-order valence-electron chi connectivity index (χ2n) is 6.66. The molecule has 16 heteroatoms. The predicted octanol–water partition coefficient (Wildman–Crippen LogP) is 3.22. The van der Waals surface area contributed by atoms with E-state index in [-0.39, 0.29) is 46.3 Å². The van der Waals surface area contributed by atoms with Crippen LogP contribution in [0.2, 0.25) is 0 Å². The van der Waals surface area contributed by atoms with Crippen LogP contribution in [0.3, 0.4) is 0 Å². The topological polar surface area (TPSA) is 149 Å². The molecule has 4 rings (SSSR count). The van der Waals surface area contributed by atoms with Crippen LogP contribution in [0.1, 0.15) is 0 Å². The highest BCUT2D eigenvalue weighted by Gasteiger charge is 2.23. The number of aromatic nitrogens is 4. The van der Waals surface area contributed by atoms with Gasteiger partial charge in [0.2, 0.25) is 17.3 Å². The van der Waals surface area contributed by atoms with Gasteiger partial charge < -0.3 is 10.6 Å². The van der Waals surface area contributed by atoms with E-state index in [4.69, 9.17) is 9.36 Å². The molecule has 0 saturated carbocycles. The highest BCUT2D eigenvalue weighted by atomic mass is 79.9. The van der Waals surface area contributed by atoms with Gasteiger partial charge >= 0.3 is 11.8 Å². The standard InChI is InChI=1S/C19H13BrF3N7O5/c20-13-8-12(1-2-14(13)23)30-17(29-34-19(30)32)15-16(28-35-26-15)27-33-4-3-24-18(31)25-11-6-9(21)5-10(22)7-11/h1-2,5-8H,3-4H2,(H,27,28)(H2,24,25,31). The van der Waals surface area contributed by atoms with Gasteiger partial charge in [0.1, 0.15) is 17.5 Å². The lowest BCUT2D eigenvalue weighted by Crippen LogP contribution is -2.32. The molecule has 2 amide bonds. The molecule has 0 bridgehead atoms. The Morgan fingerprint density at radius 1 is 1.09 bits per heavy atom. The lowest BCUT2D eigenvalue weighted by atomic mass is 10.3. The number of hydrogen-bond donors (Lipinski definition) is 3. The van der Waals surface area contributed by atoms with Gasteiger partial charge in [0.05, 0.1) is 16.8 Å². The number of nitrogens with one attached hydrogen (secondary N) is 3. The van der Waals surface area contributed by atoms with Crippen LogP contribution in [0.15, 0.2) is 54.8 Å². The Balaban J connectivity index is 1.35. The van der Waals surface area contributed by atoms with Crippen molar-refractivity contribution in [1.29, 1.82) is 0 Å². The van der Waals surface area contributed by atoms with Crippen LogP contribution in [0, 0.1) is 17.5 Å². The Morgan fingerprint density at radius 3 is 2.60 bits per heavy atom. The average Bonchev–Trinajstić information content (AvgIpc) is 3.41. The van der Waals surface area contributed by atoms with E-state index in [9.17, 15) is 22.8 Å². The van der Waals surface area contributed by atoms with Crippen molar-refractivity contribution in [3.05, 3.63) is 68.9 Å². The van der Waals surface area contributed by atoms with Gasteiger partial charge in [-0.15, -0.1) is 0 Å². The molecule has 0 spiro atoms. The quantitative estimate of drug-likeness (QED) is 0.220. The van der Waals surface area contributed by atoms with Gasteiger partial charge in [0, 0.05) is 18.3 Å². The van der Waals surface area contributed by atoms with Gasteiger partial charge in [-0.3, -0.25) is 9.36 Å². The maximum absolute atomic E-state index is 13.6. The van der Waals surface area contributed by atoms with Gasteiger partial charge in [0.25, 0.3) is 0 Å². The molecule has 0 unspecified atom stereocenters. The lowest BCUT2D eigenvalue weighted by molar-refractivity contribution is 0.190. The minimum absolute atomic E-state index is 0.0183. The van der Waals surface area contributed by atoms with Crippen LogP contribution >= 0.6 is 15.9 Å². The third-order valence-electron chi connectivity index (χ3n) is 4.25. The van der Waals surface area contributed by atoms with Crippen LogP contribution in [0.5, 0.6) is 0 Å². The fourth-order valence-electron chi connectivity index (χ4n) is 2.79. The summed E-state index contributed by atoms with van der Waals surface area (Å²) < 4.78 is 50.4. The van der Waals surface area contributed by atoms with Crippen molar-refractivity contribution in [3.8, 4) is 17.2 Å². The Morgan fingerprint density at radius 2 is 1.86 bits per heavy atom. The third kappa shape index (κ3) is 5.67. The van der Waals surface area contributed by atoms with E-state index in [2.05, 4.69) is 52.1 Å². The molecule has 0 radical (unpaired) electrons. The van der Waals surface area contributed by atoms with Gasteiger partial charge in [-0.05, 0) is 56.6 Å². The first kappa shape index (κ1) is 24.0. The van der Waals surface area contributed by atoms with Gasteiger partial charge in [-0.1, -0.05) is 5.16 Å². The van der Waals surface area contributed by atoms with Crippen LogP contribution in [0.25, 0.3) is 17.2 Å². The molecular weight excluding hydrogens is 543 g/mol. The summed E-state index contributed by atoms with van der Waals surface area (Å²) in [5.41, 5.74) is 2.53. The number of nitrogens with zero attached hydrogens (tertiary/aromatic N) is 4. The van der Waals surface area contributed by atoms with Crippen LogP contribution in [-0.2, 0) is 4.84 Å². The van der Waals surface area contributed by atoms with E-state index in [0.29, 0.717) is 6.07 Å². The highest BCUT2D eigenvalue weighted by molar-refractivity contribution is 9.10. The number of rotatable bonds is 8. The van der Waals surface area contributed by atoms with Crippen LogP contribution in [0.4, 0.5) is 29.5 Å². The predicted molar refractivity (Wildman–Crippen MR) is 116 cm³/mol. The van der Waals surface area contributed by atoms with Gasteiger partial charge in [-0.2, -0.15) is 0 Å². The number of carbonyl (C=O) groups is 1. The Bertz CT molecular complexity index is 1400. The van der Waals surface area contributed by atoms with E-state index in [1.165, 1.54) is 12.1 Å². The first-order valence-electron chi connectivity index (χ1n) is 9.57. The summed E-state index contributed by atoms with van der Waals surface area (Å²) in [7, 11) is 0. The fraction of sp³-hybridized carbons (Fsp3) is 0.105. The van der Waals surface area contributed by atoms with E-state index >= 15 is 0 Å². The fourth-order valence-corrected chi connectivity index (χ4v) is 3.16. The molecule has 0 aliphatic rings. The maximum Gasteiger partial charge on any atom is 0.446 e. The van der Waals surface area contributed by atoms with Crippen molar-refractivity contribution >= 4 is 33.5 Å². The molecule has 3 N–H and O–H groups in total. The molecule has 0 fully saturated rings. The number of anilines is 2. The second kappa shape index (κ2) is 10.4. The molecule has 0 saturated heterocycles. The zero-order chi connectivity index (χ0) is 24.9. The summed E-state index contributed by atoms with van der Waals surface area (Å²) in [6.45, 7) is -0.108. The number of hydrogen-bond acceptors (Lipinski definition) is 9. The van der Waals surface area contributed by atoms with Crippen molar-refractivity contribution in [3.63, 3.8) is 0 Å². The smallest absolute Gasteiger partial charge is 0.335 e. The summed E-state index contributed by atoms with van der Waals surface area (Å²) in [4.78, 5) is 29.2. The number of amides is 2. The molecule has 35 heavy (non-hydrogen) atoms. The van der Waals surface area contributed by atoms with Gasteiger partial charge in [0.15, 0.2) is 0 Å². The Kier molecular flexibility index (Phi) is 7.11. The summed E-state index contributed by atoms with van der Waals surface area (Å²) in [6.07, 6.45) is 0. The zero-order valence-electron chi connectivity index (χ0n) is 17.2. The van der Waals surface area contributed by atoms with Gasteiger partial charge in [-0.25, -0.2) is 37.4 Å². The average molecular weight is 556 g/mol. The minimum atomic E-state index is -0.873. The van der Waals surface area contributed by atoms with E-state index < -0.39 is 29.2 Å². The second-order valence-corrected chi connectivity index (χ2v) is 7.51. The lowest BCUT2D eigenvalue weighted by Gasteiger charge is -2.09. The highest BCUT2D eigenvalue weighted by Crippen LogP contribution is 2.26. The molecule has 0 aliphatic heterocycles. The zero-order valence-corrected chi connectivity index (χ0v) is 18.8. The molecule has 2 heterocycles. The van der Waals surface area contributed by atoms with E-state index in [1.54, 1.807) is 0 Å². The summed E-state index contributed by atoms with van der Waals surface area (Å²) in [5, 5.41) is 15.6. The van der Waals surface area contributed by atoms with Crippen molar-refractivity contribution in [2.75, 3.05) is 23.9 Å². The molecule has 0 atom stereocenters. The SMILES string of the molecule is O=C(NCCONc1nonc1-c1noc(=O)n1-c1ccc(F)c(Br)c1)Nc1cc(F)cc(F)c1. The summed E-state index contributed by atoms with van der Waals surface area (Å²) in [6, 6.07) is 5.66. The van der Waals surface area contributed by atoms with Crippen molar-refractivity contribution in [2.24, 2.45) is 0 Å². The van der Waals surface area contributed by atoms with Crippen LogP contribution < -0.4 is 21.9 Å². The van der Waals surface area contributed by atoms with E-state index in [0.717, 1.165) is 22.8 Å². The first-order chi connectivity index (χ1) is 16.8. The number of carbonyl (C=O) groups excluding carboxylic acids is 1. The number of benzene rings is 2. The molecule has 2 aromatic heterocycles. The molecule has 12 nitrogen and oxygen atoms in total. The first-order valence-corrected chi connectivity index (χ1v) is 10.4. The monoisotopic (exact) mass is 555 g/mol. The normalized spacial score (nSPS) is 10.9. The van der Waals surface area contributed by atoms with Crippen molar-refractivity contribution in [1.82, 2.24) is 25.4 Å². The summed E-state index contributed by atoms with van der Waals surface area (Å²) >= 11 is 3.04. The maximum atomic E-state index is 13.6. The van der Waals surface area contributed by atoms with Crippen molar-refractivity contribution in [2.45, 2.75) is 0 Å². The van der Waals surface area contributed by atoms with E-state index in [1.807, 2.05) is 0 Å². The molecule has 2 aromatic carbocycles. The Labute approximate surface area is 201 Å². The van der Waals surface area contributed by atoms with Crippen LogP contribution in [-0.4, -0.2) is 39.2 Å². The molecule has 182 valence electrons. The number of halogens is 4. The number of urea groups is 1. The largest absolute Gasteiger partial charge is 0.446 e. The molecule has 4 aromatic rings. The third-order valence-corrected chi connectivity index (χ3v) is 4.85. The molecular formula is C19H13BrF3N7O5. The minimum Gasteiger partial charge on any atom is -0.335 e. The van der Waals surface area contributed by atoms with Crippen molar-refractivity contribution < 1.29 is 32.0 Å². The summed E-state index contributed by atoms with van der Waals surface area (Å²) in [5.74, 6) is -3.27.